The number of alkyl carbamates (subject to hydrolysis) is 1. The van der Waals surface area contributed by atoms with E-state index < -0.39 is 53.7 Å². The molecule has 0 radical (unpaired) electrons. The summed E-state index contributed by atoms with van der Waals surface area (Å²) >= 11 is 0. The monoisotopic (exact) mass is 599 g/mol. The Hall–Kier alpha value is -5.84. The summed E-state index contributed by atoms with van der Waals surface area (Å²) in [6, 6.07) is 27.0. The first-order valence-electron chi connectivity index (χ1n) is 13.4. The van der Waals surface area contributed by atoms with E-state index in [9.17, 15) is 29.4 Å². The topological polar surface area (TPSA) is 158 Å². The Morgan fingerprint density at radius 3 is 1.68 bits per heavy atom. The van der Waals surface area contributed by atoms with Crippen molar-refractivity contribution in [2.75, 3.05) is 0 Å². The van der Waals surface area contributed by atoms with Gasteiger partial charge in [0, 0.05) is 6.42 Å². The largest absolute Gasteiger partial charge is 0.516 e. The zero-order valence-corrected chi connectivity index (χ0v) is 23.4. The number of phenols is 2. The molecule has 4 rings (SSSR count). The summed E-state index contributed by atoms with van der Waals surface area (Å²) in [4.78, 5) is 51.1. The van der Waals surface area contributed by atoms with Crippen molar-refractivity contribution in [1.29, 1.82) is 0 Å². The number of phenolic OH excluding ortho intramolecular Hbond substituents is 2. The average Bonchev–Trinajstić information content (AvgIpc) is 3.04. The fraction of sp³-hybridized carbons (Fsp3) is 0.152. The standard InChI is InChI=1S/C33H29NO10/c35-27-17-16-25(28(29(27)36)31(38)41-19-22-10-4-1-5-11-22)18-26(34-32(39)42-20-23-12-6-2-7-13-23)30(37)44-33(40)43-21-24-14-8-3-9-15-24/h1-17,26,35-36H,18-21H2,(H,34,39). The molecule has 226 valence electrons. The first-order chi connectivity index (χ1) is 21.3. The average molecular weight is 600 g/mol. The van der Waals surface area contributed by atoms with Gasteiger partial charge >= 0.3 is 24.2 Å². The number of esters is 2. The van der Waals surface area contributed by atoms with Crippen LogP contribution in [0.5, 0.6) is 11.5 Å². The number of ether oxygens (including phenoxy) is 4. The minimum absolute atomic E-state index is 0.00123. The number of hydrogen-bond acceptors (Lipinski definition) is 10. The fourth-order valence-electron chi connectivity index (χ4n) is 4.03. The van der Waals surface area contributed by atoms with Crippen LogP contribution in [0.25, 0.3) is 0 Å². The van der Waals surface area contributed by atoms with Gasteiger partial charge in [-0.25, -0.2) is 19.2 Å². The molecule has 0 aliphatic heterocycles. The van der Waals surface area contributed by atoms with Gasteiger partial charge in [-0.05, 0) is 28.3 Å². The number of rotatable bonds is 11. The van der Waals surface area contributed by atoms with Crippen molar-refractivity contribution in [2.45, 2.75) is 32.3 Å². The Morgan fingerprint density at radius 2 is 1.14 bits per heavy atom. The molecule has 1 unspecified atom stereocenters. The third-order valence-corrected chi connectivity index (χ3v) is 6.26. The van der Waals surface area contributed by atoms with Crippen LogP contribution in [0.15, 0.2) is 103 Å². The molecule has 0 aliphatic carbocycles. The molecule has 0 spiro atoms. The van der Waals surface area contributed by atoms with Crippen LogP contribution in [-0.2, 0) is 50.0 Å². The minimum Gasteiger partial charge on any atom is -0.504 e. The van der Waals surface area contributed by atoms with E-state index in [1.165, 1.54) is 6.07 Å². The molecule has 0 saturated carbocycles. The van der Waals surface area contributed by atoms with Crippen LogP contribution >= 0.6 is 0 Å². The molecule has 0 aromatic heterocycles. The Kier molecular flexibility index (Phi) is 10.9. The predicted molar refractivity (Wildman–Crippen MR) is 155 cm³/mol. The van der Waals surface area contributed by atoms with Gasteiger partial charge in [0.2, 0.25) is 0 Å². The van der Waals surface area contributed by atoms with Crippen LogP contribution in [0.1, 0.15) is 32.6 Å². The summed E-state index contributed by atoms with van der Waals surface area (Å²) in [7, 11) is 0. The van der Waals surface area contributed by atoms with Gasteiger partial charge in [0.15, 0.2) is 11.5 Å². The van der Waals surface area contributed by atoms with Crippen LogP contribution in [0.3, 0.4) is 0 Å². The van der Waals surface area contributed by atoms with Gasteiger partial charge in [-0.1, -0.05) is 97.1 Å². The van der Waals surface area contributed by atoms with Gasteiger partial charge in [-0.3, -0.25) is 0 Å². The molecular weight excluding hydrogens is 570 g/mol. The second-order valence-electron chi connectivity index (χ2n) is 9.44. The summed E-state index contributed by atoms with van der Waals surface area (Å²) in [6.45, 7) is -0.435. The van der Waals surface area contributed by atoms with Crippen LogP contribution < -0.4 is 5.32 Å². The second-order valence-corrected chi connectivity index (χ2v) is 9.44. The van der Waals surface area contributed by atoms with Crippen molar-refractivity contribution in [3.8, 4) is 11.5 Å². The normalized spacial score (nSPS) is 11.1. The van der Waals surface area contributed by atoms with Gasteiger partial charge < -0.3 is 34.5 Å². The number of amides is 1. The molecule has 44 heavy (non-hydrogen) atoms. The van der Waals surface area contributed by atoms with Gasteiger partial charge in [0.1, 0.15) is 31.4 Å². The molecular formula is C33H29NO10. The number of nitrogens with one attached hydrogen (secondary N) is 1. The van der Waals surface area contributed by atoms with Crippen LogP contribution in [0, 0.1) is 0 Å². The molecule has 0 aliphatic rings. The maximum Gasteiger partial charge on any atom is 0.516 e. The first kappa shape index (κ1) is 31.1. The lowest BCUT2D eigenvalue weighted by atomic mass is 9.98. The summed E-state index contributed by atoms with van der Waals surface area (Å²) in [6.07, 6.45) is -2.81. The maximum atomic E-state index is 13.1. The number of carbonyl (C=O) groups excluding carboxylic acids is 4. The summed E-state index contributed by atoms with van der Waals surface area (Å²) in [5.41, 5.74) is 1.55. The number of hydrogen-bond donors (Lipinski definition) is 3. The van der Waals surface area contributed by atoms with Crippen molar-refractivity contribution >= 4 is 24.2 Å². The van der Waals surface area contributed by atoms with E-state index in [0.29, 0.717) is 16.7 Å². The Morgan fingerprint density at radius 1 is 0.636 bits per heavy atom. The van der Waals surface area contributed by atoms with E-state index in [0.717, 1.165) is 6.07 Å². The minimum atomic E-state index is -1.59. The number of aromatic hydroxyl groups is 2. The molecule has 3 N–H and O–H groups in total. The molecule has 11 heteroatoms. The van der Waals surface area contributed by atoms with E-state index in [4.69, 9.17) is 18.9 Å². The Bertz CT molecular complexity index is 1580. The highest BCUT2D eigenvalue weighted by Gasteiger charge is 2.30. The third-order valence-electron chi connectivity index (χ3n) is 6.26. The van der Waals surface area contributed by atoms with Gasteiger partial charge in [-0.2, -0.15) is 0 Å². The summed E-state index contributed by atoms with van der Waals surface area (Å²) in [5, 5.41) is 23.0. The van der Waals surface area contributed by atoms with Crippen molar-refractivity contribution in [1.82, 2.24) is 5.32 Å². The fourth-order valence-corrected chi connectivity index (χ4v) is 4.03. The highest BCUT2D eigenvalue weighted by molar-refractivity contribution is 5.96. The maximum absolute atomic E-state index is 13.1. The second kappa shape index (κ2) is 15.4. The molecule has 1 amide bonds. The first-order valence-corrected chi connectivity index (χ1v) is 13.4. The molecule has 0 bridgehead atoms. The van der Waals surface area contributed by atoms with Crippen molar-refractivity contribution in [2.24, 2.45) is 0 Å². The molecule has 0 heterocycles. The Balaban J connectivity index is 1.51. The van der Waals surface area contributed by atoms with Gasteiger partial charge in [0.05, 0.1) is 0 Å². The van der Waals surface area contributed by atoms with E-state index in [-0.39, 0.29) is 25.4 Å². The Labute approximate surface area is 252 Å². The SMILES string of the molecule is O=C(NC(Cc1ccc(O)c(O)c1C(=O)OCc1ccccc1)C(=O)OC(=O)OCc1ccccc1)OCc1ccccc1. The quantitative estimate of drug-likeness (QED) is 0.0909. The molecule has 0 saturated heterocycles. The predicted octanol–water partition coefficient (Wildman–Crippen LogP) is 5.17. The number of benzene rings is 4. The lowest BCUT2D eigenvalue weighted by molar-refractivity contribution is -0.142. The summed E-state index contributed by atoms with van der Waals surface area (Å²) in [5.74, 6) is -3.63. The van der Waals surface area contributed by atoms with Crippen molar-refractivity contribution in [3.05, 3.63) is 131 Å². The molecule has 11 nitrogen and oxygen atoms in total. The zero-order chi connectivity index (χ0) is 31.3. The van der Waals surface area contributed by atoms with Crippen LogP contribution in [0.2, 0.25) is 0 Å². The van der Waals surface area contributed by atoms with Crippen molar-refractivity contribution in [3.63, 3.8) is 0 Å². The van der Waals surface area contributed by atoms with Gasteiger partial charge in [0.25, 0.3) is 0 Å². The van der Waals surface area contributed by atoms with E-state index in [1.807, 2.05) is 0 Å². The zero-order valence-electron chi connectivity index (χ0n) is 23.4. The molecule has 4 aromatic rings. The molecule has 4 aromatic carbocycles. The molecule has 1 atom stereocenters. The highest BCUT2D eigenvalue weighted by Crippen LogP contribution is 2.33. The number of carbonyl (C=O) groups is 4. The van der Waals surface area contributed by atoms with Gasteiger partial charge in [-0.15, -0.1) is 0 Å². The van der Waals surface area contributed by atoms with E-state index in [1.54, 1.807) is 91.0 Å². The van der Waals surface area contributed by atoms with Crippen molar-refractivity contribution < 1.29 is 48.3 Å². The smallest absolute Gasteiger partial charge is 0.504 e. The van der Waals surface area contributed by atoms with E-state index >= 15 is 0 Å². The lowest BCUT2D eigenvalue weighted by Crippen LogP contribution is -2.44. The summed E-state index contributed by atoms with van der Waals surface area (Å²) < 4.78 is 20.4. The van der Waals surface area contributed by atoms with E-state index in [2.05, 4.69) is 5.32 Å². The van der Waals surface area contributed by atoms with Crippen LogP contribution in [-0.4, -0.2) is 40.4 Å². The molecule has 0 fully saturated rings. The van der Waals surface area contributed by atoms with Crippen LogP contribution in [0.4, 0.5) is 9.59 Å². The highest BCUT2D eigenvalue weighted by atomic mass is 16.7. The third kappa shape index (κ3) is 9.08. The lowest BCUT2D eigenvalue weighted by Gasteiger charge is -2.19.